The minimum atomic E-state index is -0.958. The molecule has 98 valence electrons. The summed E-state index contributed by atoms with van der Waals surface area (Å²) in [7, 11) is 1.43. The zero-order valence-electron chi connectivity index (χ0n) is 9.88. The lowest BCUT2D eigenvalue weighted by molar-refractivity contribution is -0.384. The van der Waals surface area contributed by atoms with Crippen molar-refractivity contribution < 1.29 is 23.6 Å². The number of nitro groups is 1. The lowest BCUT2D eigenvalue weighted by Gasteiger charge is -2.12. The molecule has 1 aromatic rings. The molecule has 0 aromatic heterocycles. The van der Waals surface area contributed by atoms with Gasteiger partial charge in [-0.1, -0.05) is 0 Å². The van der Waals surface area contributed by atoms with Crippen LogP contribution in [0.2, 0.25) is 0 Å². The first-order chi connectivity index (χ1) is 8.45. The Morgan fingerprint density at radius 2 is 2.22 bits per heavy atom. The van der Waals surface area contributed by atoms with E-state index in [1.165, 1.54) is 7.11 Å². The number of carbonyl (C=O) groups excluding carboxylic acids is 1. The number of esters is 1. The number of nitro benzene ring substituents is 1. The molecule has 0 aliphatic heterocycles. The molecule has 0 aliphatic rings. The Hall–Kier alpha value is -2.02. The number of hydrogen-bond donors (Lipinski definition) is 0. The van der Waals surface area contributed by atoms with Gasteiger partial charge in [-0.3, -0.25) is 10.1 Å². The predicted octanol–water partition coefficient (Wildman–Crippen LogP) is 1.93. The van der Waals surface area contributed by atoms with Gasteiger partial charge in [-0.25, -0.2) is 9.18 Å². The smallest absolute Gasteiger partial charge is 0.341 e. The van der Waals surface area contributed by atoms with Crippen molar-refractivity contribution >= 4 is 11.7 Å². The molecule has 0 radical (unpaired) electrons. The van der Waals surface area contributed by atoms with Crippen LogP contribution in [-0.4, -0.2) is 30.7 Å². The van der Waals surface area contributed by atoms with Gasteiger partial charge in [-0.2, -0.15) is 0 Å². The van der Waals surface area contributed by atoms with Gasteiger partial charge in [0.2, 0.25) is 0 Å². The van der Waals surface area contributed by atoms with Crippen molar-refractivity contribution in [1.82, 2.24) is 0 Å². The molecule has 1 unspecified atom stereocenters. The average molecular weight is 257 g/mol. The van der Waals surface area contributed by atoms with Gasteiger partial charge in [0.1, 0.15) is 17.5 Å². The topological polar surface area (TPSA) is 78.7 Å². The fourth-order valence-corrected chi connectivity index (χ4v) is 1.30. The van der Waals surface area contributed by atoms with Crippen molar-refractivity contribution in [2.75, 3.05) is 13.7 Å². The van der Waals surface area contributed by atoms with Crippen LogP contribution >= 0.6 is 0 Å². The van der Waals surface area contributed by atoms with Crippen molar-refractivity contribution in [2.24, 2.45) is 0 Å². The van der Waals surface area contributed by atoms with Gasteiger partial charge in [0.15, 0.2) is 0 Å². The molecule has 0 amide bonds. The number of benzene rings is 1. The molecule has 18 heavy (non-hydrogen) atoms. The average Bonchev–Trinajstić information content (AvgIpc) is 2.29. The highest BCUT2D eigenvalue weighted by Crippen LogP contribution is 2.18. The highest BCUT2D eigenvalue weighted by atomic mass is 19.1. The van der Waals surface area contributed by atoms with Crippen LogP contribution in [0.5, 0.6) is 0 Å². The molecule has 0 heterocycles. The van der Waals surface area contributed by atoms with Crippen molar-refractivity contribution in [3.63, 3.8) is 0 Å². The SMILES string of the molecule is COCC(C)OC(=O)c1cc([N+](=O)[O-])ccc1F. The van der Waals surface area contributed by atoms with Crippen LogP contribution in [-0.2, 0) is 9.47 Å². The van der Waals surface area contributed by atoms with Gasteiger partial charge in [0.25, 0.3) is 5.69 Å². The zero-order valence-corrected chi connectivity index (χ0v) is 9.88. The standard InChI is InChI=1S/C11H12FNO5/c1-7(6-17-2)18-11(14)9-5-8(13(15)16)3-4-10(9)12/h3-5,7H,6H2,1-2H3. The van der Waals surface area contributed by atoms with Crippen molar-refractivity contribution in [1.29, 1.82) is 0 Å². The third-order valence-corrected chi connectivity index (χ3v) is 2.09. The molecule has 0 fully saturated rings. The summed E-state index contributed by atoms with van der Waals surface area (Å²) in [6, 6.07) is 2.68. The Balaban J connectivity index is 2.91. The molecule has 6 nitrogen and oxygen atoms in total. The predicted molar refractivity (Wildman–Crippen MR) is 59.8 cm³/mol. The number of carbonyl (C=O) groups is 1. The number of methoxy groups -OCH3 is 1. The van der Waals surface area contributed by atoms with Crippen LogP contribution in [0, 0.1) is 15.9 Å². The number of hydrogen-bond acceptors (Lipinski definition) is 5. The summed E-state index contributed by atoms with van der Waals surface area (Å²) in [5.41, 5.74) is -0.838. The number of non-ortho nitro benzene ring substituents is 1. The molecule has 0 N–H and O–H groups in total. The maximum Gasteiger partial charge on any atom is 0.341 e. The van der Waals surface area contributed by atoms with Crippen molar-refractivity contribution in [3.8, 4) is 0 Å². The number of nitrogens with zero attached hydrogens (tertiary/aromatic N) is 1. The fourth-order valence-electron chi connectivity index (χ4n) is 1.30. The highest BCUT2D eigenvalue weighted by Gasteiger charge is 2.19. The molecule has 0 aliphatic carbocycles. The maximum absolute atomic E-state index is 13.4. The van der Waals surface area contributed by atoms with E-state index >= 15 is 0 Å². The van der Waals surface area contributed by atoms with E-state index in [1.807, 2.05) is 0 Å². The summed E-state index contributed by atoms with van der Waals surface area (Å²) in [4.78, 5) is 21.4. The van der Waals surface area contributed by atoms with E-state index in [9.17, 15) is 19.3 Å². The van der Waals surface area contributed by atoms with Gasteiger partial charge in [-0.15, -0.1) is 0 Å². The normalized spacial score (nSPS) is 11.9. The van der Waals surface area contributed by atoms with E-state index in [-0.39, 0.29) is 12.3 Å². The Kier molecular flexibility index (Phi) is 4.73. The fraction of sp³-hybridized carbons (Fsp3) is 0.364. The zero-order chi connectivity index (χ0) is 13.7. The van der Waals surface area contributed by atoms with E-state index < -0.39 is 28.4 Å². The van der Waals surface area contributed by atoms with Gasteiger partial charge < -0.3 is 9.47 Å². The van der Waals surface area contributed by atoms with Crippen LogP contribution in [0.15, 0.2) is 18.2 Å². The van der Waals surface area contributed by atoms with Crippen molar-refractivity contribution in [3.05, 3.63) is 39.7 Å². The number of ether oxygens (including phenoxy) is 2. The second-order valence-electron chi connectivity index (χ2n) is 3.59. The summed E-state index contributed by atoms with van der Waals surface area (Å²) in [6.07, 6.45) is -0.568. The molecule has 1 rings (SSSR count). The minimum absolute atomic E-state index is 0.155. The Bertz CT molecular complexity index is 463. The molecular formula is C11H12FNO5. The van der Waals surface area contributed by atoms with Gasteiger partial charge in [0, 0.05) is 19.2 Å². The van der Waals surface area contributed by atoms with Crippen LogP contribution < -0.4 is 0 Å². The largest absolute Gasteiger partial charge is 0.457 e. The second-order valence-corrected chi connectivity index (χ2v) is 3.59. The third kappa shape index (κ3) is 3.49. The highest BCUT2D eigenvalue weighted by molar-refractivity contribution is 5.90. The minimum Gasteiger partial charge on any atom is -0.457 e. The summed E-state index contributed by atoms with van der Waals surface area (Å²) in [5.74, 6) is -1.82. The summed E-state index contributed by atoms with van der Waals surface area (Å²) >= 11 is 0. The molecule has 0 saturated carbocycles. The molecule has 0 spiro atoms. The number of rotatable bonds is 5. The molecule has 1 atom stereocenters. The van der Waals surface area contributed by atoms with E-state index in [1.54, 1.807) is 6.92 Å². The molecular weight excluding hydrogens is 245 g/mol. The van der Waals surface area contributed by atoms with E-state index in [0.29, 0.717) is 0 Å². The first kappa shape index (κ1) is 14.0. The Morgan fingerprint density at radius 3 is 2.78 bits per heavy atom. The summed E-state index contributed by atoms with van der Waals surface area (Å²) in [5, 5.41) is 10.5. The van der Waals surface area contributed by atoms with E-state index in [4.69, 9.17) is 9.47 Å². The van der Waals surface area contributed by atoms with E-state index in [2.05, 4.69) is 0 Å². The van der Waals surface area contributed by atoms with Gasteiger partial charge in [0.05, 0.1) is 11.5 Å². The third-order valence-electron chi connectivity index (χ3n) is 2.09. The first-order valence-electron chi connectivity index (χ1n) is 5.09. The lowest BCUT2D eigenvalue weighted by atomic mass is 10.2. The summed E-state index contributed by atoms with van der Waals surface area (Å²) < 4.78 is 23.0. The van der Waals surface area contributed by atoms with E-state index in [0.717, 1.165) is 18.2 Å². The second kappa shape index (κ2) is 6.06. The molecule has 1 aromatic carbocycles. The van der Waals surface area contributed by atoms with Crippen molar-refractivity contribution in [2.45, 2.75) is 13.0 Å². The Morgan fingerprint density at radius 1 is 1.56 bits per heavy atom. The molecule has 0 saturated heterocycles. The Labute approximate surface area is 102 Å². The van der Waals surface area contributed by atoms with Crippen LogP contribution in [0.1, 0.15) is 17.3 Å². The summed E-state index contributed by atoms with van der Waals surface area (Å²) in [6.45, 7) is 1.72. The monoisotopic (exact) mass is 257 g/mol. The molecule has 7 heteroatoms. The van der Waals surface area contributed by atoms with Crippen LogP contribution in [0.25, 0.3) is 0 Å². The quantitative estimate of drug-likeness (QED) is 0.457. The number of halogens is 1. The van der Waals surface area contributed by atoms with Crippen LogP contribution in [0.3, 0.4) is 0 Å². The molecule has 0 bridgehead atoms. The van der Waals surface area contributed by atoms with Gasteiger partial charge >= 0.3 is 5.97 Å². The van der Waals surface area contributed by atoms with Gasteiger partial charge in [-0.05, 0) is 13.0 Å². The first-order valence-corrected chi connectivity index (χ1v) is 5.09. The lowest BCUT2D eigenvalue weighted by Crippen LogP contribution is -2.20. The maximum atomic E-state index is 13.4. The van der Waals surface area contributed by atoms with Crippen LogP contribution in [0.4, 0.5) is 10.1 Å².